The van der Waals surface area contributed by atoms with Gasteiger partial charge in [-0.1, -0.05) is 46.2 Å². The minimum Gasteiger partial charge on any atom is -0.0888 e. The first-order valence-electron chi connectivity index (χ1n) is 3.76. The molecular formula is C10H10BrCl. The van der Waals surface area contributed by atoms with Crippen LogP contribution in [0, 0.1) is 0 Å². The van der Waals surface area contributed by atoms with Gasteiger partial charge in [0.1, 0.15) is 0 Å². The first kappa shape index (κ1) is 9.82. The molecule has 0 radical (unpaired) electrons. The first-order chi connectivity index (χ1) is 5.68. The summed E-state index contributed by atoms with van der Waals surface area (Å²) in [5.41, 5.74) is 1.29. The molecule has 0 saturated heterocycles. The summed E-state index contributed by atoms with van der Waals surface area (Å²) < 4.78 is 1.04. The zero-order chi connectivity index (χ0) is 8.97. The number of allylic oxidation sites excluding steroid dienone is 1. The summed E-state index contributed by atoms with van der Waals surface area (Å²) in [7, 11) is 0. The number of hydrogen-bond acceptors (Lipinski definition) is 0. The van der Waals surface area contributed by atoms with Crippen molar-refractivity contribution in [2.45, 2.75) is 12.8 Å². The van der Waals surface area contributed by atoms with Crippen LogP contribution < -0.4 is 0 Å². The third kappa shape index (κ3) is 3.42. The molecule has 0 nitrogen and oxygen atoms in total. The molecule has 1 aromatic carbocycles. The molecule has 0 heterocycles. The average molecular weight is 246 g/mol. The number of hydrogen-bond donors (Lipinski definition) is 0. The average Bonchev–Trinajstić information content (AvgIpc) is 2.03. The smallest absolute Gasteiger partial charge is 0.0406 e. The molecule has 0 unspecified atom stereocenters. The lowest BCUT2D eigenvalue weighted by atomic mass is 10.1. The van der Waals surface area contributed by atoms with Crippen molar-refractivity contribution in [3.63, 3.8) is 0 Å². The third-order valence-corrected chi connectivity index (χ3v) is 2.25. The van der Waals surface area contributed by atoms with E-state index in [-0.39, 0.29) is 0 Å². The highest BCUT2D eigenvalue weighted by Gasteiger charge is 1.93. The van der Waals surface area contributed by atoms with Gasteiger partial charge in [-0.05, 0) is 35.0 Å². The topological polar surface area (TPSA) is 0 Å². The van der Waals surface area contributed by atoms with Gasteiger partial charge >= 0.3 is 0 Å². The minimum absolute atomic E-state index is 0.788. The van der Waals surface area contributed by atoms with E-state index in [9.17, 15) is 0 Å². The van der Waals surface area contributed by atoms with E-state index in [0.717, 1.165) is 22.3 Å². The van der Waals surface area contributed by atoms with Crippen molar-refractivity contribution in [2.75, 3.05) is 0 Å². The minimum atomic E-state index is 0.788. The summed E-state index contributed by atoms with van der Waals surface area (Å²) in [6.45, 7) is 3.78. The number of aryl methyl sites for hydroxylation is 1. The van der Waals surface area contributed by atoms with Crippen LogP contribution in [0.4, 0.5) is 0 Å². The van der Waals surface area contributed by atoms with Crippen molar-refractivity contribution < 1.29 is 0 Å². The number of benzene rings is 1. The van der Waals surface area contributed by atoms with E-state index >= 15 is 0 Å². The van der Waals surface area contributed by atoms with Gasteiger partial charge in [-0.25, -0.2) is 0 Å². The van der Waals surface area contributed by atoms with Crippen molar-refractivity contribution in [3.05, 3.63) is 45.9 Å². The van der Waals surface area contributed by atoms with Crippen LogP contribution in [-0.2, 0) is 6.42 Å². The second kappa shape index (κ2) is 4.68. The molecule has 1 aromatic rings. The Balaban J connectivity index is 2.53. The van der Waals surface area contributed by atoms with E-state index in [1.165, 1.54) is 5.56 Å². The largest absolute Gasteiger partial charge is 0.0888 e. The van der Waals surface area contributed by atoms with Crippen LogP contribution in [0.3, 0.4) is 0 Å². The first-order valence-corrected chi connectivity index (χ1v) is 4.93. The fourth-order valence-corrected chi connectivity index (χ4v) is 1.26. The Hall–Kier alpha value is -0.270. The van der Waals surface area contributed by atoms with E-state index in [2.05, 4.69) is 22.5 Å². The van der Waals surface area contributed by atoms with E-state index in [4.69, 9.17) is 11.6 Å². The second-order valence-corrected chi connectivity index (χ2v) is 4.20. The SMILES string of the molecule is C=C(Br)CCc1ccc(Cl)cc1. The summed E-state index contributed by atoms with van der Waals surface area (Å²) >= 11 is 9.07. The van der Waals surface area contributed by atoms with Crippen LogP contribution in [0.5, 0.6) is 0 Å². The van der Waals surface area contributed by atoms with Crippen LogP contribution in [0.15, 0.2) is 35.3 Å². The highest BCUT2D eigenvalue weighted by Crippen LogP contribution is 2.14. The molecule has 0 bridgehead atoms. The van der Waals surface area contributed by atoms with Gasteiger partial charge in [-0.3, -0.25) is 0 Å². The number of halogens is 2. The zero-order valence-corrected chi connectivity index (χ0v) is 9.03. The van der Waals surface area contributed by atoms with Gasteiger partial charge in [0.25, 0.3) is 0 Å². The lowest BCUT2D eigenvalue weighted by Crippen LogP contribution is -1.83. The monoisotopic (exact) mass is 244 g/mol. The molecular weight excluding hydrogens is 235 g/mol. The van der Waals surface area contributed by atoms with Gasteiger partial charge in [0.15, 0.2) is 0 Å². The lowest BCUT2D eigenvalue weighted by molar-refractivity contribution is 0.996. The van der Waals surface area contributed by atoms with Crippen LogP contribution in [0.1, 0.15) is 12.0 Å². The Kier molecular flexibility index (Phi) is 3.83. The zero-order valence-electron chi connectivity index (χ0n) is 6.69. The van der Waals surface area contributed by atoms with E-state index in [1.54, 1.807) is 0 Å². The Labute approximate surface area is 86.4 Å². The summed E-state index contributed by atoms with van der Waals surface area (Å²) in [4.78, 5) is 0. The van der Waals surface area contributed by atoms with Crippen molar-refractivity contribution >= 4 is 27.5 Å². The number of rotatable bonds is 3. The quantitative estimate of drug-likeness (QED) is 0.749. The van der Waals surface area contributed by atoms with Crippen LogP contribution in [0.25, 0.3) is 0 Å². The van der Waals surface area contributed by atoms with E-state index < -0.39 is 0 Å². The summed E-state index contributed by atoms with van der Waals surface area (Å²) in [5, 5.41) is 0.788. The molecule has 0 aromatic heterocycles. The molecule has 12 heavy (non-hydrogen) atoms. The molecule has 64 valence electrons. The van der Waals surface area contributed by atoms with Gasteiger partial charge in [0, 0.05) is 5.02 Å². The Morgan fingerprint density at radius 3 is 2.42 bits per heavy atom. The molecule has 0 fully saturated rings. The predicted molar refractivity (Wildman–Crippen MR) is 57.8 cm³/mol. The van der Waals surface area contributed by atoms with Gasteiger partial charge in [-0.15, -0.1) is 0 Å². The third-order valence-electron chi connectivity index (χ3n) is 1.60. The van der Waals surface area contributed by atoms with Crippen LogP contribution >= 0.6 is 27.5 Å². The summed E-state index contributed by atoms with van der Waals surface area (Å²) in [5.74, 6) is 0. The van der Waals surface area contributed by atoms with Crippen LogP contribution in [0.2, 0.25) is 5.02 Å². The molecule has 0 N–H and O–H groups in total. The maximum atomic E-state index is 5.75. The molecule has 0 aliphatic heterocycles. The maximum Gasteiger partial charge on any atom is 0.0406 e. The van der Waals surface area contributed by atoms with Gasteiger partial charge in [0.05, 0.1) is 0 Å². The van der Waals surface area contributed by atoms with Crippen molar-refractivity contribution in [1.82, 2.24) is 0 Å². The fraction of sp³-hybridized carbons (Fsp3) is 0.200. The maximum absolute atomic E-state index is 5.75. The second-order valence-electron chi connectivity index (χ2n) is 2.64. The molecule has 2 heteroatoms. The van der Waals surface area contributed by atoms with Gasteiger partial charge in [0.2, 0.25) is 0 Å². The Morgan fingerprint density at radius 2 is 1.92 bits per heavy atom. The summed E-state index contributed by atoms with van der Waals surface area (Å²) in [6.07, 6.45) is 1.99. The van der Waals surface area contributed by atoms with E-state index in [0.29, 0.717) is 0 Å². The normalized spacial score (nSPS) is 9.83. The van der Waals surface area contributed by atoms with Gasteiger partial charge < -0.3 is 0 Å². The highest BCUT2D eigenvalue weighted by atomic mass is 79.9. The van der Waals surface area contributed by atoms with Crippen molar-refractivity contribution in [1.29, 1.82) is 0 Å². The highest BCUT2D eigenvalue weighted by molar-refractivity contribution is 9.11. The Morgan fingerprint density at radius 1 is 1.33 bits per heavy atom. The van der Waals surface area contributed by atoms with Crippen molar-refractivity contribution in [3.8, 4) is 0 Å². The molecule has 0 aliphatic rings. The molecule has 0 aliphatic carbocycles. The molecule has 0 spiro atoms. The standard InChI is InChI=1S/C10H10BrCl/c1-8(11)2-3-9-4-6-10(12)7-5-9/h4-7H,1-3H2. The molecule has 0 saturated carbocycles. The van der Waals surface area contributed by atoms with E-state index in [1.807, 2.05) is 24.3 Å². The molecule has 1 rings (SSSR count). The summed E-state index contributed by atoms with van der Waals surface area (Å²) in [6, 6.07) is 7.90. The Bertz CT molecular complexity index is 264. The van der Waals surface area contributed by atoms with Gasteiger partial charge in [-0.2, -0.15) is 0 Å². The lowest BCUT2D eigenvalue weighted by Gasteiger charge is -1.99. The predicted octanol–water partition coefficient (Wildman–Crippen LogP) is 4.18. The molecule has 0 atom stereocenters. The fourth-order valence-electron chi connectivity index (χ4n) is 0.931. The molecule has 0 amide bonds. The van der Waals surface area contributed by atoms with Crippen molar-refractivity contribution in [2.24, 2.45) is 0 Å². The van der Waals surface area contributed by atoms with Crippen LogP contribution in [-0.4, -0.2) is 0 Å².